The summed E-state index contributed by atoms with van der Waals surface area (Å²) in [6.07, 6.45) is 2.62. The molecule has 1 rings (SSSR count). The molecule has 0 fully saturated rings. The van der Waals surface area contributed by atoms with Crippen molar-refractivity contribution in [3.63, 3.8) is 0 Å². The average molecular weight is 203 g/mol. The number of hydrogen-bond acceptors (Lipinski definition) is 3. The fourth-order valence-electron chi connectivity index (χ4n) is 0.954. The van der Waals surface area contributed by atoms with Crippen LogP contribution in [0, 0.1) is 5.92 Å². The zero-order chi connectivity index (χ0) is 10.0. The molecule has 0 radical (unpaired) electrons. The number of methoxy groups -OCH3 is 1. The van der Waals surface area contributed by atoms with E-state index in [0.29, 0.717) is 0 Å². The lowest BCUT2D eigenvalue weighted by Crippen LogP contribution is -2.24. The zero-order valence-corrected chi connectivity index (χ0v) is 7.54. The molecule has 13 heavy (non-hydrogen) atoms. The predicted octanol–water partition coefficient (Wildman–Crippen LogP) is 0.923. The number of carbonyl (C=O) groups excluding carboxylic acids is 1. The molecule has 1 aliphatic rings. The minimum absolute atomic E-state index is 0.169. The van der Waals surface area contributed by atoms with Gasteiger partial charge in [-0.1, -0.05) is 17.7 Å². The molecular formula is C8H7ClO4. The number of halogens is 1. The van der Waals surface area contributed by atoms with Gasteiger partial charge in [-0.25, -0.2) is 0 Å². The van der Waals surface area contributed by atoms with E-state index in [9.17, 15) is 9.59 Å². The van der Waals surface area contributed by atoms with Gasteiger partial charge in [-0.15, -0.1) is 0 Å². The van der Waals surface area contributed by atoms with Crippen LogP contribution in [0.4, 0.5) is 0 Å². The third kappa shape index (κ3) is 1.72. The largest absolute Gasteiger partial charge is 0.495 e. The van der Waals surface area contributed by atoms with Crippen LogP contribution in [0.2, 0.25) is 0 Å². The van der Waals surface area contributed by atoms with Crippen LogP contribution >= 0.6 is 11.6 Å². The number of carboxylic acids is 1. The number of carbonyl (C=O) groups is 2. The molecule has 0 bridgehead atoms. The molecular weight excluding hydrogens is 196 g/mol. The third-order valence-electron chi connectivity index (χ3n) is 1.64. The van der Waals surface area contributed by atoms with Crippen LogP contribution < -0.4 is 0 Å². The SMILES string of the molecule is COC1=C(Cl)C(=O)C(C(=O)O)C=C1. The first-order valence-electron chi connectivity index (χ1n) is 3.47. The highest BCUT2D eigenvalue weighted by molar-refractivity contribution is 6.44. The molecule has 0 aromatic rings. The molecule has 0 aromatic heterocycles. The summed E-state index contributed by atoms with van der Waals surface area (Å²) in [7, 11) is 1.36. The third-order valence-corrected chi connectivity index (χ3v) is 2.01. The highest BCUT2D eigenvalue weighted by Gasteiger charge is 2.30. The second kappa shape index (κ2) is 3.62. The average Bonchev–Trinajstić information content (AvgIpc) is 2.09. The molecule has 0 aliphatic heterocycles. The maximum atomic E-state index is 11.2. The summed E-state index contributed by atoms with van der Waals surface area (Å²) in [5.74, 6) is -2.85. The van der Waals surface area contributed by atoms with Crippen molar-refractivity contribution in [1.29, 1.82) is 0 Å². The standard InChI is InChI=1S/C8H7ClO4/c1-13-5-3-2-4(8(11)12)7(10)6(5)9/h2-4H,1H3,(H,11,12). The van der Waals surface area contributed by atoms with Gasteiger partial charge in [0, 0.05) is 0 Å². The smallest absolute Gasteiger partial charge is 0.318 e. The Kier molecular flexibility index (Phi) is 2.72. The first-order chi connectivity index (χ1) is 6.07. The Morgan fingerprint density at radius 2 is 2.31 bits per heavy atom. The summed E-state index contributed by atoms with van der Waals surface area (Å²) < 4.78 is 4.75. The second-order valence-electron chi connectivity index (χ2n) is 2.42. The van der Waals surface area contributed by atoms with Crippen LogP contribution in [-0.4, -0.2) is 24.0 Å². The van der Waals surface area contributed by atoms with Crippen molar-refractivity contribution in [2.24, 2.45) is 5.92 Å². The first-order valence-corrected chi connectivity index (χ1v) is 3.84. The molecule has 0 amide bonds. The van der Waals surface area contributed by atoms with Crippen molar-refractivity contribution in [2.75, 3.05) is 7.11 Å². The van der Waals surface area contributed by atoms with E-state index in [2.05, 4.69) is 0 Å². The Bertz CT molecular complexity index is 316. The maximum absolute atomic E-state index is 11.2. The minimum atomic E-state index is -1.21. The van der Waals surface area contributed by atoms with Crippen LogP contribution in [0.15, 0.2) is 22.9 Å². The minimum Gasteiger partial charge on any atom is -0.495 e. The quantitative estimate of drug-likeness (QED) is 0.677. The Hall–Kier alpha value is -1.29. The van der Waals surface area contributed by atoms with Crippen LogP contribution in [0.1, 0.15) is 0 Å². The molecule has 5 heteroatoms. The van der Waals surface area contributed by atoms with Crippen LogP contribution in [0.25, 0.3) is 0 Å². The lowest BCUT2D eigenvalue weighted by molar-refractivity contribution is -0.143. The zero-order valence-electron chi connectivity index (χ0n) is 6.78. The van der Waals surface area contributed by atoms with Gasteiger partial charge in [0.2, 0.25) is 0 Å². The Balaban J connectivity index is 3.00. The highest BCUT2D eigenvalue weighted by Crippen LogP contribution is 2.23. The summed E-state index contributed by atoms with van der Waals surface area (Å²) in [5.41, 5.74) is 0. The molecule has 0 spiro atoms. The summed E-state index contributed by atoms with van der Waals surface area (Å²) in [4.78, 5) is 21.7. The number of Topliss-reactive ketones (excluding diaryl/α,β-unsaturated/α-hetero) is 1. The number of hydrogen-bond donors (Lipinski definition) is 1. The van der Waals surface area contributed by atoms with Crippen molar-refractivity contribution < 1.29 is 19.4 Å². The second-order valence-corrected chi connectivity index (χ2v) is 2.80. The van der Waals surface area contributed by atoms with E-state index in [1.165, 1.54) is 19.3 Å². The maximum Gasteiger partial charge on any atom is 0.318 e. The van der Waals surface area contributed by atoms with Crippen molar-refractivity contribution >= 4 is 23.4 Å². The van der Waals surface area contributed by atoms with Gasteiger partial charge in [-0.2, -0.15) is 0 Å². The molecule has 0 saturated carbocycles. The van der Waals surface area contributed by atoms with E-state index >= 15 is 0 Å². The summed E-state index contributed by atoms with van der Waals surface area (Å²) in [5, 5.41) is 8.42. The first kappa shape index (κ1) is 9.80. The van der Waals surface area contributed by atoms with E-state index in [1.807, 2.05) is 0 Å². The Labute approximate surface area is 79.4 Å². The highest BCUT2D eigenvalue weighted by atomic mass is 35.5. The number of aliphatic carboxylic acids is 1. The molecule has 1 unspecified atom stereocenters. The number of ketones is 1. The van der Waals surface area contributed by atoms with E-state index < -0.39 is 17.7 Å². The van der Waals surface area contributed by atoms with Gasteiger partial charge in [0.05, 0.1) is 7.11 Å². The number of carboxylic acid groups (broad SMARTS) is 1. The van der Waals surface area contributed by atoms with E-state index in [4.69, 9.17) is 21.4 Å². The lowest BCUT2D eigenvalue weighted by atomic mass is 9.99. The van der Waals surface area contributed by atoms with Crippen molar-refractivity contribution in [3.05, 3.63) is 22.9 Å². The van der Waals surface area contributed by atoms with Gasteiger partial charge in [-0.3, -0.25) is 9.59 Å². The Morgan fingerprint density at radius 1 is 1.69 bits per heavy atom. The molecule has 1 atom stereocenters. The topological polar surface area (TPSA) is 63.6 Å². The summed E-state index contributed by atoms with van der Waals surface area (Å²) >= 11 is 5.56. The number of ether oxygens (including phenoxy) is 1. The molecule has 0 saturated heterocycles. The van der Waals surface area contributed by atoms with Gasteiger partial charge in [0.1, 0.15) is 16.7 Å². The van der Waals surface area contributed by atoms with Gasteiger partial charge in [0.25, 0.3) is 0 Å². The van der Waals surface area contributed by atoms with E-state index in [1.54, 1.807) is 0 Å². The molecule has 4 nitrogen and oxygen atoms in total. The number of allylic oxidation sites excluding steroid dienone is 2. The molecule has 1 aliphatic carbocycles. The van der Waals surface area contributed by atoms with Gasteiger partial charge in [0.15, 0.2) is 5.78 Å². The Morgan fingerprint density at radius 3 is 2.77 bits per heavy atom. The van der Waals surface area contributed by atoms with Crippen LogP contribution in [-0.2, 0) is 14.3 Å². The van der Waals surface area contributed by atoms with Crippen molar-refractivity contribution in [3.8, 4) is 0 Å². The van der Waals surface area contributed by atoms with Crippen molar-refractivity contribution in [1.82, 2.24) is 0 Å². The fraction of sp³-hybridized carbons (Fsp3) is 0.250. The van der Waals surface area contributed by atoms with Crippen molar-refractivity contribution in [2.45, 2.75) is 0 Å². The molecule has 0 heterocycles. The molecule has 0 aromatic carbocycles. The number of rotatable bonds is 2. The summed E-state index contributed by atoms with van der Waals surface area (Å²) in [6.45, 7) is 0. The van der Waals surface area contributed by atoms with Crippen LogP contribution in [0.3, 0.4) is 0 Å². The fourth-order valence-corrected chi connectivity index (χ4v) is 1.21. The van der Waals surface area contributed by atoms with E-state index in [-0.39, 0.29) is 10.8 Å². The molecule has 1 N–H and O–H groups in total. The van der Waals surface area contributed by atoms with Gasteiger partial charge >= 0.3 is 5.97 Å². The monoisotopic (exact) mass is 202 g/mol. The van der Waals surface area contributed by atoms with E-state index in [0.717, 1.165) is 0 Å². The predicted molar refractivity (Wildman–Crippen MR) is 45.2 cm³/mol. The molecule has 70 valence electrons. The van der Waals surface area contributed by atoms with Gasteiger partial charge < -0.3 is 9.84 Å². The lowest BCUT2D eigenvalue weighted by Gasteiger charge is -2.13. The van der Waals surface area contributed by atoms with Gasteiger partial charge in [-0.05, 0) is 6.08 Å². The summed E-state index contributed by atoms with van der Waals surface area (Å²) in [6, 6.07) is 0. The van der Waals surface area contributed by atoms with Crippen LogP contribution in [0.5, 0.6) is 0 Å². The normalized spacial score (nSPS) is 22.0.